The number of hydrogen-bond acceptors (Lipinski definition) is 7. The maximum absolute atomic E-state index is 13.2. The van der Waals surface area contributed by atoms with Crippen molar-refractivity contribution in [3.8, 4) is 22.8 Å². The zero-order valence-electron chi connectivity index (χ0n) is 19.0. The number of ether oxygens (including phenoxy) is 2. The number of methoxy groups -OCH3 is 1. The van der Waals surface area contributed by atoms with Crippen LogP contribution in [0, 0.1) is 5.82 Å². The second-order valence-electron chi connectivity index (χ2n) is 7.85. The summed E-state index contributed by atoms with van der Waals surface area (Å²) in [7, 11) is 1.49. The number of Topliss-reactive ketones (excluding diaryl/α,β-unsaturated/α-hetero) is 1. The van der Waals surface area contributed by atoms with Crippen LogP contribution in [0.15, 0.2) is 54.9 Å². The lowest BCUT2D eigenvalue weighted by Gasteiger charge is -2.35. The SMILES string of the molecule is COc1cc(C(C)=O)ccc1OCC(=O)N1CCN(c2cc(-c3ccc(F)cc3)ncn2)CC1. The van der Waals surface area contributed by atoms with Gasteiger partial charge in [-0.2, -0.15) is 0 Å². The molecule has 4 rings (SSSR count). The van der Waals surface area contributed by atoms with Crippen LogP contribution >= 0.6 is 0 Å². The van der Waals surface area contributed by atoms with E-state index in [1.165, 1.54) is 32.5 Å². The van der Waals surface area contributed by atoms with E-state index in [1.54, 1.807) is 35.2 Å². The van der Waals surface area contributed by atoms with Crippen molar-refractivity contribution >= 4 is 17.5 Å². The van der Waals surface area contributed by atoms with E-state index in [9.17, 15) is 14.0 Å². The van der Waals surface area contributed by atoms with Gasteiger partial charge in [0, 0.05) is 43.4 Å². The molecule has 2 heterocycles. The number of rotatable bonds is 7. The van der Waals surface area contributed by atoms with Crippen molar-refractivity contribution in [2.75, 3.05) is 44.8 Å². The molecule has 9 heteroatoms. The van der Waals surface area contributed by atoms with Gasteiger partial charge in [0.05, 0.1) is 12.8 Å². The molecule has 0 aliphatic carbocycles. The van der Waals surface area contributed by atoms with Crippen LogP contribution in [0.5, 0.6) is 11.5 Å². The average molecular weight is 464 g/mol. The molecule has 1 saturated heterocycles. The standard InChI is InChI=1S/C25H25FN4O4/c1-17(31)19-5-8-22(23(13-19)33-2)34-15-25(32)30-11-9-29(10-12-30)24-14-21(27-16-28-24)18-3-6-20(26)7-4-18/h3-8,13-14,16H,9-12,15H2,1-2H3. The lowest BCUT2D eigenvalue weighted by Crippen LogP contribution is -2.50. The topological polar surface area (TPSA) is 84.9 Å². The molecule has 34 heavy (non-hydrogen) atoms. The van der Waals surface area contributed by atoms with Crippen LogP contribution in [0.2, 0.25) is 0 Å². The maximum Gasteiger partial charge on any atom is 0.260 e. The van der Waals surface area contributed by atoms with Gasteiger partial charge in [-0.15, -0.1) is 0 Å². The molecule has 1 aromatic heterocycles. The largest absolute Gasteiger partial charge is 0.493 e. The molecule has 0 unspecified atom stereocenters. The number of nitrogens with zero attached hydrogens (tertiary/aromatic N) is 4. The monoisotopic (exact) mass is 464 g/mol. The van der Waals surface area contributed by atoms with Gasteiger partial charge in [-0.3, -0.25) is 9.59 Å². The second kappa shape index (κ2) is 10.3. The van der Waals surface area contributed by atoms with Crippen molar-refractivity contribution in [2.45, 2.75) is 6.92 Å². The van der Waals surface area contributed by atoms with Gasteiger partial charge in [0.15, 0.2) is 23.9 Å². The van der Waals surface area contributed by atoms with E-state index in [-0.39, 0.29) is 24.1 Å². The van der Waals surface area contributed by atoms with Gasteiger partial charge in [-0.05, 0) is 49.4 Å². The number of hydrogen-bond donors (Lipinski definition) is 0. The number of carbonyl (C=O) groups is 2. The highest BCUT2D eigenvalue weighted by Gasteiger charge is 2.23. The zero-order chi connectivity index (χ0) is 24.1. The number of carbonyl (C=O) groups excluding carboxylic acids is 2. The summed E-state index contributed by atoms with van der Waals surface area (Å²) in [6, 6.07) is 12.9. The minimum absolute atomic E-state index is 0.0766. The van der Waals surface area contributed by atoms with Crippen molar-refractivity contribution in [1.82, 2.24) is 14.9 Å². The molecule has 0 atom stereocenters. The van der Waals surface area contributed by atoms with Gasteiger partial charge in [-0.25, -0.2) is 14.4 Å². The van der Waals surface area contributed by atoms with Gasteiger partial charge in [-0.1, -0.05) is 0 Å². The Labute approximate surface area is 196 Å². The molecule has 1 aliphatic heterocycles. The third-order valence-corrected chi connectivity index (χ3v) is 5.67. The highest BCUT2D eigenvalue weighted by atomic mass is 19.1. The van der Waals surface area contributed by atoms with Crippen molar-refractivity contribution < 1.29 is 23.5 Å². The predicted molar refractivity (Wildman–Crippen MR) is 125 cm³/mol. The maximum atomic E-state index is 13.2. The third kappa shape index (κ3) is 5.31. The van der Waals surface area contributed by atoms with Crippen molar-refractivity contribution in [3.63, 3.8) is 0 Å². The minimum Gasteiger partial charge on any atom is -0.493 e. The number of ketones is 1. The normalized spacial score (nSPS) is 13.5. The molecule has 0 N–H and O–H groups in total. The second-order valence-corrected chi connectivity index (χ2v) is 7.85. The zero-order valence-corrected chi connectivity index (χ0v) is 19.0. The fourth-order valence-corrected chi connectivity index (χ4v) is 3.72. The fourth-order valence-electron chi connectivity index (χ4n) is 3.72. The lowest BCUT2D eigenvalue weighted by molar-refractivity contribution is -0.133. The Bertz CT molecular complexity index is 1180. The number of aromatic nitrogens is 2. The summed E-state index contributed by atoms with van der Waals surface area (Å²) in [5.74, 6) is 1.07. The number of anilines is 1. The van der Waals surface area contributed by atoms with Gasteiger partial charge in [0.2, 0.25) is 0 Å². The first-order chi connectivity index (χ1) is 16.4. The molecule has 1 amide bonds. The molecule has 3 aromatic rings. The van der Waals surface area contributed by atoms with E-state index in [2.05, 4.69) is 14.9 Å². The molecule has 0 spiro atoms. The first kappa shape index (κ1) is 23.2. The van der Waals surface area contributed by atoms with Crippen LogP contribution in [-0.4, -0.2) is 66.5 Å². The van der Waals surface area contributed by atoms with Gasteiger partial charge < -0.3 is 19.3 Å². The van der Waals surface area contributed by atoms with E-state index in [0.29, 0.717) is 48.9 Å². The molecule has 176 valence electrons. The Morgan fingerprint density at radius 1 is 0.971 bits per heavy atom. The molecule has 1 fully saturated rings. The first-order valence-corrected chi connectivity index (χ1v) is 10.9. The third-order valence-electron chi connectivity index (χ3n) is 5.67. The van der Waals surface area contributed by atoms with E-state index >= 15 is 0 Å². The van der Waals surface area contributed by atoms with Gasteiger partial charge in [0.25, 0.3) is 5.91 Å². The van der Waals surface area contributed by atoms with Crippen LogP contribution in [0.1, 0.15) is 17.3 Å². The van der Waals surface area contributed by atoms with E-state index in [1.807, 2.05) is 6.07 Å². The Hall–Kier alpha value is -4.01. The summed E-state index contributed by atoms with van der Waals surface area (Å²) >= 11 is 0. The first-order valence-electron chi connectivity index (χ1n) is 10.9. The highest BCUT2D eigenvalue weighted by Crippen LogP contribution is 2.28. The molecule has 8 nitrogen and oxygen atoms in total. The van der Waals surface area contributed by atoms with Crippen LogP contribution < -0.4 is 14.4 Å². The van der Waals surface area contributed by atoms with Crippen LogP contribution in [-0.2, 0) is 4.79 Å². The van der Waals surface area contributed by atoms with Gasteiger partial charge >= 0.3 is 0 Å². The Morgan fingerprint density at radius 2 is 1.71 bits per heavy atom. The Morgan fingerprint density at radius 3 is 2.38 bits per heavy atom. The molecule has 0 saturated carbocycles. The highest BCUT2D eigenvalue weighted by molar-refractivity contribution is 5.94. The van der Waals surface area contributed by atoms with E-state index in [0.717, 1.165) is 11.4 Å². The molecular weight excluding hydrogens is 439 g/mol. The van der Waals surface area contributed by atoms with E-state index < -0.39 is 0 Å². The van der Waals surface area contributed by atoms with Crippen molar-refractivity contribution in [2.24, 2.45) is 0 Å². The molecule has 1 aliphatic rings. The van der Waals surface area contributed by atoms with Gasteiger partial charge in [0.1, 0.15) is 18.0 Å². The summed E-state index contributed by atoms with van der Waals surface area (Å²) in [5.41, 5.74) is 2.03. The quantitative estimate of drug-likeness (QED) is 0.497. The average Bonchev–Trinajstić information content (AvgIpc) is 2.87. The Balaban J connectivity index is 1.33. The van der Waals surface area contributed by atoms with Crippen LogP contribution in [0.3, 0.4) is 0 Å². The smallest absolute Gasteiger partial charge is 0.260 e. The van der Waals surface area contributed by atoms with Crippen molar-refractivity contribution in [1.29, 1.82) is 0 Å². The van der Waals surface area contributed by atoms with E-state index in [4.69, 9.17) is 9.47 Å². The number of piperazine rings is 1. The fraction of sp³-hybridized carbons (Fsp3) is 0.280. The number of halogens is 1. The predicted octanol–water partition coefficient (Wildman–Crippen LogP) is 3.22. The molecule has 2 aromatic carbocycles. The summed E-state index contributed by atoms with van der Waals surface area (Å²) < 4.78 is 24.2. The summed E-state index contributed by atoms with van der Waals surface area (Å²) in [4.78, 5) is 36.7. The molecular formula is C25H25FN4O4. The number of benzene rings is 2. The minimum atomic E-state index is -0.297. The molecule has 0 radical (unpaired) electrons. The molecule has 0 bridgehead atoms. The van der Waals surface area contributed by atoms with Crippen LogP contribution in [0.25, 0.3) is 11.3 Å². The van der Waals surface area contributed by atoms with Crippen LogP contribution in [0.4, 0.5) is 10.2 Å². The summed E-state index contributed by atoms with van der Waals surface area (Å²) in [5, 5.41) is 0. The summed E-state index contributed by atoms with van der Waals surface area (Å²) in [6.45, 7) is 3.63. The Kier molecular flexibility index (Phi) is 7.01. The number of amides is 1. The van der Waals surface area contributed by atoms with Crippen molar-refractivity contribution in [3.05, 3.63) is 66.2 Å². The summed E-state index contributed by atoms with van der Waals surface area (Å²) in [6.07, 6.45) is 1.49. The lowest BCUT2D eigenvalue weighted by atomic mass is 10.1.